The molecule has 0 amide bonds. The van der Waals surface area contributed by atoms with Crippen molar-refractivity contribution >= 4 is 39.7 Å². The molecule has 3 rings (SSSR count). The summed E-state index contributed by atoms with van der Waals surface area (Å²) in [7, 11) is -3.22. The first-order valence-electron chi connectivity index (χ1n) is 10.7. The number of rotatable bonds is 8. The second kappa shape index (κ2) is 10.4. The Hall–Kier alpha value is -2.20. The molecule has 2 aromatic carbocycles. The van der Waals surface area contributed by atoms with Gasteiger partial charge >= 0.3 is 5.97 Å². The smallest absolute Gasteiger partial charge is 0.368 e. The zero-order valence-corrected chi connectivity index (χ0v) is 20.6. The molecule has 0 aromatic heterocycles. The van der Waals surface area contributed by atoms with Gasteiger partial charge in [-0.05, 0) is 30.9 Å². The van der Waals surface area contributed by atoms with Gasteiger partial charge in [0.25, 0.3) is 0 Å². The summed E-state index contributed by atoms with van der Waals surface area (Å²) in [5.74, 6) is -2.82. The molecule has 0 saturated heterocycles. The number of carboxylic acid groups (broad SMARTS) is 1. The van der Waals surface area contributed by atoms with Crippen molar-refractivity contribution in [1.29, 1.82) is 0 Å². The van der Waals surface area contributed by atoms with Crippen molar-refractivity contribution in [3.63, 3.8) is 0 Å². The minimum absolute atomic E-state index is 0.169. The van der Waals surface area contributed by atoms with Gasteiger partial charge in [0.05, 0.1) is 15.5 Å². The molecule has 1 unspecified atom stereocenters. The molecular formula is C24H30FNO5S2. The maximum Gasteiger partial charge on any atom is 0.368 e. The number of unbranched alkanes of at least 4 members (excludes halogenated alkanes) is 1. The van der Waals surface area contributed by atoms with Crippen LogP contribution in [0.5, 0.6) is 5.75 Å². The van der Waals surface area contributed by atoms with Crippen LogP contribution in [0.1, 0.15) is 33.1 Å². The van der Waals surface area contributed by atoms with E-state index >= 15 is 0 Å². The van der Waals surface area contributed by atoms with Crippen molar-refractivity contribution in [1.82, 2.24) is 0 Å². The number of benzene rings is 2. The molecule has 0 aliphatic carbocycles. The SMILES string of the molecule is CCCCC1(C)CN(c2ccccc2)c2cc(SC)c(O/C=C(\F)C(=O)O)cc2S(O)(O)C1. The maximum atomic E-state index is 13.5. The molecule has 1 aliphatic heterocycles. The number of anilines is 2. The predicted octanol–water partition coefficient (Wildman–Crippen LogP) is 7.14. The summed E-state index contributed by atoms with van der Waals surface area (Å²) in [6.07, 6.45) is 5.14. The van der Waals surface area contributed by atoms with Gasteiger partial charge in [-0.3, -0.25) is 9.11 Å². The fraction of sp³-hybridized carbons (Fsp3) is 0.375. The van der Waals surface area contributed by atoms with Gasteiger partial charge in [0.1, 0.15) is 12.0 Å². The fourth-order valence-electron chi connectivity index (χ4n) is 4.09. The molecule has 6 nitrogen and oxygen atoms in total. The van der Waals surface area contributed by atoms with Crippen LogP contribution in [0.2, 0.25) is 0 Å². The molecule has 2 aromatic rings. The standard InChI is InChI=1S/C24H30FNO5S2/c1-4-5-11-24(2)15-26(17-9-7-6-8-10-17)19-12-21(32-3)20(31-14-18(25)23(27)28)13-22(19)33(29,30)16-24/h6-10,12-14,29-30H,4-5,11,15-16H2,1-3H3,(H,27,28)/b18-14-. The van der Waals surface area contributed by atoms with E-state index in [2.05, 4.69) is 18.7 Å². The summed E-state index contributed by atoms with van der Waals surface area (Å²) in [5, 5.41) is 8.78. The minimum Gasteiger partial charge on any atom is -0.476 e. The number of para-hydroxylation sites is 1. The number of fused-ring (bicyclic) bond motifs is 1. The van der Waals surface area contributed by atoms with E-state index in [0.717, 1.165) is 24.9 Å². The number of halogens is 1. The molecule has 1 aliphatic rings. The van der Waals surface area contributed by atoms with Crippen LogP contribution in [0.4, 0.5) is 15.8 Å². The Kier molecular flexibility index (Phi) is 8.00. The van der Waals surface area contributed by atoms with E-state index in [0.29, 0.717) is 28.3 Å². The summed E-state index contributed by atoms with van der Waals surface area (Å²) in [5.41, 5.74) is 1.22. The highest BCUT2D eigenvalue weighted by atomic mass is 32.3. The van der Waals surface area contributed by atoms with Gasteiger partial charge in [-0.25, -0.2) is 4.79 Å². The molecule has 0 spiro atoms. The van der Waals surface area contributed by atoms with Gasteiger partial charge in [-0.2, -0.15) is 15.0 Å². The summed E-state index contributed by atoms with van der Waals surface area (Å²) in [6, 6.07) is 13.1. The van der Waals surface area contributed by atoms with Crippen LogP contribution in [-0.4, -0.2) is 38.7 Å². The number of carboxylic acids is 1. The highest BCUT2D eigenvalue weighted by Gasteiger charge is 2.40. The average molecular weight is 496 g/mol. The van der Waals surface area contributed by atoms with E-state index in [1.54, 1.807) is 6.07 Å². The molecule has 0 fully saturated rings. The normalized spacial score (nSPS) is 21.2. The highest BCUT2D eigenvalue weighted by molar-refractivity contribution is 8.24. The van der Waals surface area contributed by atoms with Crippen LogP contribution in [0.3, 0.4) is 0 Å². The van der Waals surface area contributed by atoms with Crippen LogP contribution in [0.25, 0.3) is 0 Å². The van der Waals surface area contributed by atoms with Crippen molar-refractivity contribution in [2.45, 2.75) is 42.9 Å². The topological polar surface area (TPSA) is 90.2 Å². The lowest BCUT2D eigenvalue weighted by molar-refractivity contribution is -0.134. The van der Waals surface area contributed by atoms with Crippen molar-refractivity contribution in [3.05, 3.63) is 54.6 Å². The number of carbonyl (C=O) groups is 1. The molecule has 1 atom stereocenters. The van der Waals surface area contributed by atoms with Gasteiger partial charge < -0.3 is 14.7 Å². The first-order chi connectivity index (χ1) is 15.6. The summed E-state index contributed by atoms with van der Waals surface area (Å²) in [6.45, 7) is 4.79. The zero-order valence-electron chi connectivity index (χ0n) is 19.0. The number of ether oxygens (including phenoxy) is 1. The minimum atomic E-state index is -3.22. The van der Waals surface area contributed by atoms with Crippen LogP contribution in [0, 0.1) is 5.41 Å². The Morgan fingerprint density at radius 3 is 2.61 bits per heavy atom. The van der Waals surface area contributed by atoms with E-state index in [9.17, 15) is 18.3 Å². The van der Waals surface area contributed by atoms with E-state index in [4.69, 9.17) is 9.84 Å². The van der Waals surface area contributed by atoms with Crippen molar-refractivity contribution in [2.75, 3.05) is 23.5 Å². The monoisotopic (exact) mass is 495 g/mol. The maximum absolute atomic E-state index is 13.5. The molecule has 180 valence electrons. The summed E-state index contributed by atoms with van der Waals surface area (Å²) >= 11 is 1.34. The van der Waals surface area contributed by atoms with Crippen LogP contribution >= 0.6 is 22.4 Å². The van der Waals surface area contributed by atoms with Crippen LogP contribution in [-0.2, 0) is 4.79 Å². The molecule has 0 radical (unpaired) electrons. The third-order valence-corrected chi connectivity index (χ3v) is 8.56. The lowest BCUT2D eigenvalue weighted by atomic mass is 9.86. The quantitative estimate of drug-likeness (QED) is 0.204. The Balaban J connectivity index is 2.18. The summed E-state index contributed by atoms with van der Waals surface area (Å²) < 4.78 is 41.5. The van der Waals surface area contributed by atoms with E-state index < -0.39 is 22.4 Å². The van der Waals surface area contributed by atoms with E-state index in [1.165, 1.54) is 17.8 Å². The molecule has 0 bridgehead atoms. The lowest BCUT2D eigenvalue weighted by Gasteiger charge is -2.39. The van der Waals surface area contributed by atoms with Crippen molar-refractivity contribution in [3.8, 4) is 5.75 Å². The average Bonchev–Trinajstić information content (AvgIpc) is 2.87. The molecule has 3 N–H and O–H groups in total. The van der Waals surface area contributed by atoms with Gasteiger partial charge in [-0.1, -0.05) is 44.9 Å². The van der Waals surface area contributed by atoms with Gasteiger partial charge in [0, 0.05) is 29.5 Å². The molecule has 1 heterocycles. The van der Waals surface area contributed by atoms with Crippen LogP contribution in [0.15, 0.2) is 64.3 Å². The van der Waals surface area contributed by atoms with Gasteiger partial charge in [0.2, 0.25) is 5.83 Å². The fourth-order valence-corrected chi connectivity index (χ4v) is 6.79. The first-order valence-corrected chi connectivity index (χ1v) is 13.6. The number of hydrogen-bond donors (Lipinski definition) is 3. The third kappa shape index (κ3) is 5.84. The summed E-state index contributed by atoms with van der Waals surface area (Å²) in [4.78, 5) is 13.8. The Morgan fingerprint density at radius 2 is 2.00 bits per heavy atom. The van der Waals surface area contributed by atoms with Crippen molar-refractivity contribution < 1.29 is 28.1 Å². The Bertz CT molecular complexity index is 1030. The van der Waals surface area contributed by atoms with Gasteiger partial charge in [0.15, 0.2) is 0 Å². The predicted molar refractivity (Wildman–Crippen MR) is 133 cm³/mol. The second-order valence-electron chi connectivity index (χ2n) is 8.51. The molecule has 33 heavy (non-hydrogen) atoms. The number of hydrogen-bond acceptors (Lipinski definition) is 6. The first kappa shape index (κ1) is 25.4. The number of thioether (sulfide) groups is 1. The highest BCUT2D eigenvalue weighted by Crippen LogP contribution is 2.61. The molecule has 9 heteroatoms. The second-order valence-corrected chi connectivity index (χ2v) is 11.4. The third-order valence-electron chi connectivity index (χ3n) is 5.67. The van der Waals surface area contributed by atoms with E-state index in [1.807, 2.05) is 36.6 Å². The zero-order chi connectivity index (χ0) is 24.2. The van der Waals surface area contributed by atoms with Crippen molar-refractivity contribution in [2.24, 2.45) is 5.41 Å². The lowest BCUT2D eigenvalue weighted by Crippen LogP contribution is -2.35. The van der Waals surface area contributed by atoms with Crippen LogP contribution < -0.4 is 9.64 Å². The Labute approximate surface area is 199 Å². The van der Waals surface area contributed by atoms with E-state index in [-0.39, 0.29) is 16.9 Å². The Morgan fingerprint density at radius 1 is 1.30 bits per heavy atom. The number of aliphatic carboxylic acids is 1. The molecular weight excluding hydrogens is 465 g/mol. The largest absolute Gasteiger partial charge is 0.476 e. The molecule has 0 saturated carbocycles. The van der Waals surface area contributed by atoms with Gasteiger partial charge in [-0.15, -0.1) is 11.8 Å². The number of nitrogens with zero attached hydrogens (tertiary/aromatic N) is 1.